The fourth-order valence-corrected chi connectivity index (χ4v) is 3.22. The van der Waals surface area contributed by atoms with Gasteiger partial charge in [-0.25, -0.2) is 4.79 Å². The molecule has 0 spiro atoms. The van der Waals surface area contributed by atoms with Crippen molar-refractivity contribution in [3.05, 3.63) is 36.0 Å². The van der Waals surface area contributed by atoms with Gasteiger partial charge in [-0.05, 0) is 44.0 Å². The summed E-state index contributed by atoms with van der Waals surface area (Å²) < 4.78 is 0. The molecule has 0 unspecified atom stereocenters. The van der Waals surface area contributed by atoms with E-state index in [9.17, 15) is 4.79 Å². The first-order valence-electron chi connectivity index (χ1n) is 8.62. The molecule has 5 heteroatoms. The number of benzene rings is 1. The van der Waals surface area contributed by atoms with Crippen molar-refractivity contribution >= 4 is 16.9 Å². The van der Waals surface area contributed by atoms with Gasteiger partial charge in [0.25, 0.3) is 0 Å². The predicted octanol–water partition coefficient (Wildman–Crippen LogP) is 2.50. The number of nitrogens with zero attached hydrogens (tertiary/aromatic N) is 1. The Kier molecular flexibility index (Phi) is 5.53. The summed E-state index contributed by atoms with van der Waals surface area (Å²) in [6, 6.07) is 8.18. The maximum absolute atomic E-state index is 11.8. The molecule has 23 heavy (non-hydrogen) atoms. The molecule has 0 atom stereocenters. The van der Waals surface area contributed by atoms with Crippen LogP contribution >= 0.6 is 0 Å². The molecule has 1 aromatic carbocycles. The Labute approximate surface area is 137 Å². The lowest BCUT2D eigenvalue weighted by atomic mass is 10.1. The molecule has 3 rings (SSSR count). The van der Waals surface area contributed by atoms with Crippen molar-refractivity contribution in [1.82, 2.24) is 20.5 Å². The fraction of sp³-hybridized carbons (Fsp3) is 0.500. The third-order valence-corrected chi connectivity index (χ3v) is 4.52. The van der Waals surface area contributed by atoms with Gasteiger partial charge in [0.05, 0.1) is 0 Å². The minimum Gasteiger partial charge on any atom is -0.361 e. The van der Waals surface area contributed by atoms with Crippen LogP contribution in [0, 0.1) is 0 Å². The molecule has 2 heterocycles. The Hall–Kier alpha value is -2.01. The Morgan fingerprint density at radius 2 is 1.87 bits per heavy atom. The van der Waals surface area contributed by atoms with Gasteiger partial charge in [0, 0.05) is 36.7 Å². The molecule has 0 radical (unpaired) electrons. The molecule has 1 fully saturated rings. The zero-order valence-corrected chi connectivity index (χ0v) is 13.6. The number of carbonyl (C=O) groups is 1. The van der Waals surface area contributed by atoms with Gasteiger partial charge in [-0.2, -0.15) is 0 Å². The van der Waals surface area contributed by atoms with E-state index in [0.29, 0.717) is 6.54 Å². The van der Waals surface area contributed by atoms with Gasteiger partial charge in [0.15, 0.2) is 0 Å². The number of rotatable bonds is 6. The van der Waals surface area contributed by atoms with Crippen molar-refractivity contribution in [2.45, 2.75) is 25.7 Å². The maximum Gasteiger partial charge on any atom is 0.314 e. The zero-order valence-electron chi connectivity index (χ0n) is 13.6. The van der Waals surface area contributed by atoms with Gasteiger partial charge in [0.1, 0.15) is 0 Å². The van der Waals surface area contributed by atoms with E-state index < -0.39 is 0 Å². The van der Waals surface area contributed by atoms with Crippen LogP contribution in [0.5, 0.6) is 0 Å². The number of carbonyl (C=O) groups excluding carboxylic acids is 1. The Morgan fingerprint density at radius 1 is 1.09 bits per heavy atom. The van der Waals surface area contributed by atoms with Crippen LogP contribution in [-0.4, -0.2) is 48.6 Å². The van der Waals surface area contributed by atoms with E-state index in [2.05, 4.69) is 32.7 Å². The number of nitrogens with one attached hydrogen (secondary N) is 3. The van der Waals surface area contributed by atoms with E-state index >= 15 is 0 Å². The molecule has 1 aliphatic rings. The minimum atomic E-state index is -0.0677. The second kappa shape index (κ2) is 8.02. The van der Waals surface area contributed by atoms with Crippen LogP contribution in [0.25, 0.3) is 10.9 Å². The van der Waals surface area contributed by atoms with Crippen molar-refractivity contribution in [3.63, 3.8) is 0 Å². The molecule has 0 saturated carbocycles. The highest BCUT2D eigenvalue weighted by Crippen LogP contribution is 2.17. The number of para-hydroxylation sites is 1. The van der Waals surface area contributed by atoms with E-state index in [4.69, 9.17) is 0 Å². The molecule has 2 amide bonds. The van der Waals surface area contributed by atoms with Crippen LogP contribution in [0.15, 0.2) is 30.5 Å². The fourth-order valence-electron chi connectivity index (χ4n) is 3.22. The lowest BCUT2D eigenvalue weighted by molar-refractivity contribution is 0.220. The average Bonchev–Trinajstić information content (AvgIpc) is 2.99. The molecule has 0 bridgehead atoms. The average molecular weight is 314 g/mol. The lowest BCUT2D eigenvalue weighted by Crippen LogP contribution is -2.42. The van der Waals surface area contributed by atoms with Crippen LogP contribution in [-0.2, 0) is 6.42 Å². The summed E-state index contributed by atoms with van der Waals surface area (Å²) in [7, 11) is 0. The first kappa shape index (κ1) is 15.9. The quantitative estimate of drug-likeness (QED) is 0.767. The number of hydrogen-bond donors (Lipinski definition) is 3. The maximum atomic E-state index is 11.8. The van der Waals surface area contributed by atoms with E-state index in [0.717, 1.165) is 25.0 Å². The molecule has 1 aliphatic heterocycles. The highest BCUT2D eigenvalue weighted by atomic mass is 16.2. The number of aromatic nitrogens is 1. The second-order valence-corrected chi connectivity index (χ2v) is 6.19. The number of urea groups is 1. The molecule has 2 aromatic rings. The first-order chi connectivity index (χ1) is 11.3. The number of aromatic amines is 1. The molecule has 5 nitrogen and oxygen atoms in total. The third kappa shape index (κ3) is 4.48. The molecular formula is C18H26N4O. The van der Waals surface area contributed by atoms with Crippen LogP contribution < -0.4 is 10.6 Å². The van der Waals surface area contributed by atoms with Gasteiger partial charge in [-0.3, -0.25) is 0 Å². The number of amides is 2. The zero-order chi connectivity index (χ0) is 15.9. The van der Waals surface area contributed by atoms with Crippen molar-refractivity contribution in [2.75, 3.05) is 32.7 Å². The number of piperidine rings is 1. The summed E-state index contributed by atoms with van der Waals surface area (Å²) in [5, 5.41) is 7.12. The topological polar surface area (TPSA) is 60.2 Å². The minimum absolute atomic E-state index is 0.0677. The van der Waals surface area contributed by atoms with Crippen molar-refractivity contribution in [3.8, 4) is 0 Å². The van der Waals surface area contributed by atoms with Gasteiger partial charge < -0.3 is 20.5 Å². The highest BCUT2D eigenvalue weighted by Gasteiger charge is 2.09. The Bertz CT molecular complexity index is 631. The van der Waals surface area contributed by atoms with E-state index in [1.165, 1.54) is 43.3 Å². The third-order valence-electron chi connectivity index (χ3n) is 4.52. The molecule has 3 N–H and O–H groups in total. The summed E-state index contributed by atoms with van der Waals surface area (Å²) >= 11 is 0. The van der Waals surface area contributed by atoms with Gasteiger partial charge in [-0.1, -0.05) is 24.6 Å². The molecule has 1 saturated heterocycles. The molecule has 1 aromatic heterocycles. The smallest absolute Gasteiger partial charge is 0.314 e. The summed E-state index contributed by atoms with van der Waals surface area (Å²) in [4.78, 5) is 17.5. The van der Waals surface area contributed by atoms with Gasteiger partial charge in [0.2, 0.25) is 0 Å². The standard InChI is InChI=1S/C18H26N4O/c23-18(20-10-13-22-11-4-1-5-12-22)19-9-8-15-14-21-17-7-3-2-6-16(15)17/h2-3,6-7,14,21H,1,4-5,8-13H2,(H2,19,20,23). The van der Waals surface area contributed by atoms with Crippen LogP contribution in [0.3, 0.4) is 0 Å². The lowest BCUT2D eigenvalue weighted by Gasteiger charge is -2.26. The van der Waals surface area contributed by atoms with Crippen LogP contribution in [0.2, 0.25) is 0 Å². The van der Waals surface area contributed by atoms with Crippen molar-refractivity contribution in [1.29, 1.82) is 0 Å². The molecular weight excluding hydrogens is 288 g/mol. The number of likely N-dealkylation sites (tertiary alicyclic amines) is 1. The Balaban J connectivity index is 1.34. The van der Waals surface area contributed by atoms with Crippen LogP contribution in [0.4, 0.5) is 4.79 Å². The predicted molar refractivity (Wildman–Crippen MR) is 93.7 cm³/mol. The van der Waals surface area contributed by atoms with Crippen LogP contribution in [0.1, 0.15) is 24.8 Å². The number of fused-ring (bicyclic) bond motifs is 1. The Morgan fingerprint density at radius 3 is 2.74 bits per heavy atom. The summed E-state index contributed by atoms with van der Waals surface area (Å²) in [6.45, 7) is 4.67. The monoisotopic (exact) mass is 314 g/mol. The van der Waals surface area contributed by atoms with E-state index in [-0.39, 0.29) is 6.03 Å². The number of H-pyrrole nitrogens is 1. The molecule has 124 valence electrons. The van der Waals surface area contributed by atoms with E-state index in [1.807, 2.05) is 18.3 Å². The SMILES string of the molecule is O=C(NCCc1c[nH]c2ccccc12)NCCN1CCCCC1. The first-order valence-corrected chi connectivity index (χ1v) is 8.62. The summed E-state index contributed by atoms with van der Waals surface area (Å²) in [5.74, 6) is 0. The van der Waals surface area contributed by atoms with E-state index in [1.54, 1.807) is 0 Å². The molecule has 0 aliphatic carbocycles. The largest absolute Gasteiger partial charge is 0.361 e. The summed E-state index contributed by atoms with van der Waals surface area (Å²) in [6.07, 6.45) is 6.79. The van der Waals surface area contributed by atoms with Crippen molar-refractivity contribution in [2.24, 2.45) is 0 Å². The normalized spacial score (nSPS) is 15.7. The second-order valence-electron chi connectivity index (χ2n) is 6.19. The van der Waals surface area contributed by atoms with Gasteiger partial charge >= 0.3 is 6.03 Å². The highest BCUT2D eigenvalue weighted by molar-refractivity contribution is 5.83. The van der Waals surface area contributed by atoms with Crippen molar-refractivity contribution < 1.29 is 4.79 Å². The number of hydrogen-bond acceptors (Lipinski definition) is 2. The summed E-state index contributed by atoms with van der Waals surface area (Å²) in [5.41, 5.74) is 2.39. The van der Waals surface area contributed by atoms with Gasteiger partial charge in [-0.15, -0.1) is 0 Å².